The van der Waals surface area contributed by atoms with Crippen molar-refractivity contribution in [2.24, 2.45) is 0 Å². The molecule has 1 atom stereocenters. The lowest BCUT2D eigenvalue weighted by Gasteiger charge is -2.33. The first-order valence-corrected chi connectivity index (χ1v) is 13.9. The molecule has 2 aliphatic heterocycles. The summed E-state index contributed by atoms with van der Waals surface area (Å²) in [5.41, 5.74) is 1.34. The number of aliphatic hydroxyl groups is 1. The van der Waals surface area contributed by atoms with Crippen molar-refractivity contribution in [2.45, 2.75) is 69.0 Å². The maximum Gasteiger partial charge on any atom is 0.339 e. The van der Waals surface area contributed by atoms with Gasteiger partial charge in [0, 0.05) is 35.2 Å². The molecule has 3 aromatic carbocycles. The lowest BCUT2D eigenvalue weighted by atomic mass is 9.74. The molecule has 6 nitrogen and oxygen atoms in total. The number of benzene rings is 3. The van der Waals surface area contributed by atoms with Crippen LogP contribution in [0.2, 0.25) is 0 Å². The van der Waals surface area contributed by atoms with Crippen molar-refractivity contribution in [2.75, 3.05) is 11.9 Å². The first kappa shape index (κ1) is 26.2. The number of rotatable bonds is 5. The van der Waals surface area contributed by atoms with Crippen LogP contribution in [0.5, 0.6) is 5.75 Å². The Morgan fingerprint density at radius 1 is 1.05 bits per heavy atom. The molecule has 3 aromatic rings. The number of hydrogen-bond donors (Lipinski definition) is 2. The molecule has 1 spiro atoms. The topological polar surface area (TPSA) is 84.9 Å². The summed E-state index contributed by atoms with van der Waals surface area (Å²) in [4.78, 5) is 26.4. The second-order valence-electron chi connectivity index (χ2n) is 11.7. The molecule has 1 unspecified atom stereocenters. The molecular formula is C34H33NO5. The molecule has 1 fully saturated rings. The molecule has 40 heavy (non-hydrogen) atoms. The van der Waals surface area contributed by atoms with Gasteiger partial charge < -0.3 is 19.9 Å². The average molecular weight is 536 g/mol. The molecule has 6 heteroatoms. The van der Waals surface area contributed by atoms with Crippen molar-refractivity contribution >= 4 is 17.6 Å². The minimum Gasteiger partial charge on any atom is -0.493 e. The van der Waals surface area contributed by atoms with Crippen molar-refractivity contribution in [3.8, 4) is 17.6 Å². The predicted octanol–water partition coefficient (Wildman–Crippen LogP) is 5.65. The normalized spacial score (nSPS) is 18.1. The highest BCUT2D eigenvalue weighted by atomic mass is 16.6. The summed E-state index contributed by atoms with van der Waals surface area (Å²) in [6, 6.07) is 20.5. The molecule has 2 N–H and O–H groups in total. The minimum absolute atomic E-state index is 0.0436. The summed E-state index contributed by atoms with van der Waals surface area (Å²) < 4.78 is 11.8. The molecule has 3 aliphatic rings. The van der Waals surface area contributed by atoms with Crippen LogP contribution in [0.3, 0.4) is 0 Å². The number of anilines is 1. The van der Waals surface area contributed by atoms with Crippen LogP contribution in [-0.2, 0) is 27.0 Å². The van der Waals surface area contributed by atoms with Crippen LogP contribution < -0.4 is 10.1 Å². The predicted molar refractivity (Wildman–Crippen MR) is 152 cm³/mol. The fraction of sp³-hybridized carbons (Fsp3) is 0.353. The van der Waals surface area contributed by atoms with Crippen molar-refractivity contribution in [3.05, 3.63) is 94.5 Å². The fourth-order valence-corrected chi connectivity index (χ4v) is 6.38. The number of ether oxygens (including phenoxy) is 2. The fourth-order valence-electron chi connectivity index (χ4n) is 6.38. The van der Waals surface area contributed by atoms with Crippen molar-refractivity contribution in [3.63, 3.8) is 0 Å². The highest BCUT2D eigenvalue weighted by Gasteiger charge is 2.48. The van der Waals surface area contributed by atoms with E-state index in [1.807, 2.05) is 62.4 Å². The average Bonchev–Trinajstić information content (AvgIpc) is 3.68. The highest BCUT2D eigenvalue weighted by Crippen LogP contribution is 2.49. The summed E-state index contributed by atoms with van der Waals surface area (Å²) in [5, 5.41) is 14.9. The highest BCUT2D eigenvalue weighted by molar-refractivity contribution is 6.01. The van der Waals surface area contributed by atoms with E-state index in [4.69, 9.17) is 9.47 Å². The van der Waals surface area contributed by atoms with E-state index in [-0.39, 0.29) is 12.4 Å². The van der Waals surface area contributed by atoms with Gasteiger partial charge in [0.2, 0.25) is 5.60 Å². The number of fused-ring (bicyclic) bond motifs is 3. The number of carbonyl (C=O) groups excluding carboxylic acids is 2. The molecule has 1 saturated carbocycles. The number of hydrogen-bond acceptors (Lipinski definition) is 5. The molecule has 0 saturated heterocycles. The molecule has 204 valence electrons. The standard InChI is InChI=1S/C34H33NO5/c1-32(2,27-12-8-11-24-16-20-39-29(24)27)22-33(38,19-15-23-9-4-3-5-10-23)31(37)35-25-13-14-26-28(21-25)34(40-30(26)36)17-6-7-18-34/h3-5,8-14,21,38H,6-7,16-18,20,22H2,1-2H3,(H,35,37). The lowest BCUT2D eigenvalue weighted by molar-refractivity contribution is -0.130. The zero-order valence-corrected chi connectivity index (χ0v) is 22.9. The van der Waals surface area contributed by atoms with Crippen molar-refractivity contribution in [1.82, 2.24) is 0 Å². The van der Waals surface area contributed by atoms with E-state index < -0.39 is 22.5 Å². The monoisotopic (exact) mass is 535 g/mol. The molecule has 1 amide bonds. The zero-order valence-electron chi connectivity index (χ0n) is 22.9. The van der Waals surface area contributed by atoms with Gasteiger partial charge >= 0.3 is 5.97 Å². The number of nitrogens with one attached hydrogen (secondary N) is 1. The van der Waals surface area contributed by atoms with Gasteiger partial charge in [0.05, 0.1) is 12.2 Å². The van der Waals surface area contributed by atoms with Crippen LogP contribution in [0.25, 0.3) is 0 Å². The van der Waals surface area contributed by atoms with Crippen LogP contribution in [0.15, 0.2) is 66.7 Å². The Kier molecular flexibility index (Phi) is 6.43. The van der Waals surface area contributed by atoms with E-state index in [0.717, 1.165) is 54.5 Å². The van der Waals surface area contributed by atoms with Gasteiger partial charge in [0.1, 0.15) is 11.4 Å². The Hall–Kier alpha value is -4.08. The van der Waals surface area contributed by atoms with Crippen LogP contribution >= 0.6 is 0 Å². The smallest absolute Gasteiger partial charge is 0.339 e. The maximum absolute atomic E-state index is 13.9. The quantitative estimate of drug-likeness (QED) is 0.326. The van der Waals surface area contributed by atoms with Crippen LogP contribution in [0.1, 0.15) is 78.6 Å². The number of para-hydroxylation sites is 1. The molecule has 0 radical (unpaired) electrons. The van der Waals surface area contributed by atoms with Gasteiger partial charge in [-0.05, 0) is 67.0 Å². The van der Waals surface area contributed by atoms with Gasteiger partial charge in [-0.15, -0.1) is 0 Å². The van der Waals surface area contributed by atoms with E-state index in [2.05, 4.69) is 23.2 Å². The van der Waals surface area contributed by atoms with E-state index in [1.54, 1.807) is 12.1 Å². The zero-order chi connectivity index (χ0) is 28.0. The Morgan fingerprint density at radius 3 is 2.60 bits per heavy atom. The van der Waals surface area contributed by atoms with Crippen LogP contribution in [0.4, 0.5) is 5.69 Å². The summed E-state index contributed by atoms with van der Waals surface area (Å²) in [6.07, 6.45) is 4.40. The SMILES string of the molecule is CC(C)(CC(O)(C#Cc1ccccc1)C(=O)Nc1ccc2c(c1)C1(CCCC1)OC2=O)c1cccc2c1OCC2. The third-order valence-corrected chi connectivity index (χ3v) is 8.39. The summed E-state index contributed by atoms with van der Waals surface area (Å²) in [5.74, 6) is 5.80. The third-order valence-electron chi connectivity index (χ3n) is 8.39. The van der Waals surface area contributed by atoms with E-state index in [1.165, 1.54) is 0 Å². The third kappa shape index (κ3) is 4.65. The van der Waals surface area contributed by atoms with Gasteiger partial charge in [-0.25, -0.2) is 4.79 Å². The van der Waals surface area contributed by atoms with Crippen LogP contribution in [0, 0.1) is 11.8 Å². The Balaban J connectivity index is 1.34. The lowest BCUT2D eigenvalue weighted by Crippen LogP contribution is -2.46. The Labute approximate surface area is 234 Å². The summed E-state index contributed by atoms with van der Waals surface area (Å²) in [6.45, 7) is 4.61. The summed E-state index contributed by atoms with van der Waals surface area (Å²) >= 11 is 0. The number of esters is 1. The van der Waals surface area contributed by atoms with E-state index in [9.17, 15) is 14.7 Å². The van der Waals surface area contributed by atoms with Gasteiger partial charge in [-0.2, -0.15) is 0 Å². The first-order chi connectivity index (χ1) is 19.2. The summed E-state index contributed by atoms with van der Waals surface area (Å²) in [7, 11) is 0. The van der Waals surface area contributed by atoms with E-state index >= 15 is 0 Å². The Morgan fingerprint density at radius 2 is 1.82 bits per heavy atom. The van der Waals surface area contributed by atoms with Crippen molar-refractivity contribution in [1.29, 1.82) is 0 Å². The van der Waals surface area contributed by atoms with Gasteiger partial charge in [-0.1, -0.05) is 62.1 Å². The first-order valence-electron chi connectivity index (χ1n) is 13.9. The van der Waals surface area contributed by atoms with Gasteiger partial charge in [-0.3, -0.25) is 4.79 Å². The molecule has 1 aliphatic carbocycles. The number of amides is 1. The van der Waals surface area contributed by atoms with Gasteiger partial charge in [0.25, 0.3) is 5.91 Å². The van der Waals surface area contributed by atoms with Gasteiger partial charge in [0.15, 0.2) is 0 Å². The number of carbonyl (C=O) groups is 2. The van der Waals surface area contributed by atoms with Crippen molar-refractivity contribution < 1.29 is 24.2 Å². The largest absolute Gasteiger partial charge is 0.493 e. The second kappa shape index (κ2) is 9.83. The second-order valence-corrected chi connectivity index (χ2v) is 11.7. The van der Waals surface area contributed by atoms with Crippen LogP contribution in [-0.4, -0.2) is 29.2 Å². The maximum atomic E-state index is 13.9. The Bertz CT molecular complexity index is 1540. The molecular weight excluding hydrogens is 502 g/mol. The molecule has 0 bridgehead atoms. The molecule has 2 heterocycles. The molecule has 6 rings (SSSR count). The minimum atomic E-state index is -2.02. The molecule has 0 aromatic heterocycles. The van der Waals surface area contributed by atoms with E-state index in [0.29, 0.717) is 23.4 Å².